The minimum Gasteiger partial charge on any atom is -0.355 e. The molecular formula is C13H28N2O2. The first kappa shape index (κ1) is 14.9. The first-order valence-corrected chi connectivity index (χ1v) is 6.78. The van der Waals surface area contributed by atoms with Gasteiger partial charge < -0.3 is 14.8 Å². The first-order chi connectivity index (χ1) is 8.30. The van der Waals surface area contributed by atoms with E-state index in [0.29, 0.717) is 0 Å². The largest absolute Gasteiger partial charge is 0.355 e. The molecule has 1 heterocycles. The van der Waals surface area contributed by atoms with Gasteiger partial charge in [-0.25, -0.2) is 0 Å². The van der Waals surface area contributed by atoms with Crippen molar-refractivity contribution in [3.05, 3.63) is 0 Å². The number of rotatable bonds is 8. The van der Waals surface area contributed by atoms with Crippen molar-refractivity contribution >= 4 is 0 Å². The lowest BCUT2D eigenvalue weighted by molar-refractivity contribution is -0.117. The lowest BCUT2D eigenvalue weighted by atomic mass is 9.97. The highest BCUT2D eigenvalue weighted by Crippen LogP contribution is 2.14. The number of hydrogen-bond acceptors (Lipinski definition) is 4. The van der Waals surface area contributed by atoms with Crippen LogP contribution < -0.4 is 5.32 Å². The molecular weight excluding hydrogens is 216 g/mol. The molecule has 0 aromatic carbocycles. The monoisotopic (exact) mass is 244 g/mol. The molecule has 17 heavy (non-hydrogen) atoms. The van der Waals surface area contributed by atoms with Gasteiger partial charge in [-0.1, -0.05) is 6.92 Å². The molecule has 102 valence electrons. The van der Waals surface area contributed by atoms with Crippen LogP contribution in [0, 0.1) is 5.92 Å². The molecule has 4 nitrogen and oxygen atoms in total. The molecule has 1 fully saturated rings. The number of piperidine rings is 1. The summed E-state index contributed by atoms with van der Waals surface area (Å²) in [5.74, 6) is 0.831. The summed E-state index contributed by atoms with van der Waals surface area (Å²) in [5.41, 5.74) is 0. The first-order valence-electron chi connectivity index (χ1n) is 6.78. The van der Waals surface area contributed by atoms with E-state index in [0.717, 1.165) is 19.0 Å². The molecule has 0 aromatic rings. The van der Waals surface area contributed by atoms with Gasteiger partial charge in [0, 0.05) is 27.3 Å². The zero-order chi connectivity index (χ0) is 12.5. The molecule has 0 aliphatic carbocycles. The van der Waals surface area contributed by atoms with E-state index < -0.39 is 0 Å². The summed E-state index contributed by atoms with van der Waals surface area (Å²) in [6, 6.07) is 0. The van der Waals surface area contributed by atoms with E-state index in [1.54, 1.807) is 14.2 Å². The summed E-state index contributed by atoms with van der Waals surface area (Å²) in [4.78, 5) is 2.48. The van der Waals surface area contributed by atoms with Crippen LogP contribution in [0.5, 0.6) is 0 Å². The predicted molar refractivity (Wildman–Crippen MR) is 70.1 cm³/mol. The van der Waals surface area contributed by atoms with E-state index in [1.807, 2.05) is 0 Å². The SMILES string of the molecule is CCCN(CC1CCNCC1)CC(OC)OC. The minimum absolute atomic E-state index is 0.0942. The third-order valence-corrected chi connectivity index (χ3v) is 3.45. The Labute approximate surface area is 106 Å². The molecule has 0 unspecified atom stereocenters. The van der Waals surface area contributed by atoms with Crippen molar-refractivity contribution in [1.82, 2.24) is 10.2 Å². The van der Waals surface area contributed by atoms with Gasteiger partial charge in [-0.3, -0.25) is 4.90 Å². The summed E-state index contributed by atoms with van der Waals surface area (Å²) >= 11 is 0. The van der Waals surface area contributed by atoms with Crippen molar-refractivity contribution in [2.45, 2.75) is 32.5 Å². The van der Waals surface area contributed by atoms with Crippen molar-refractivity contribution in [2.75, 3.05) is 46.9 Å². The summed E-state index contributed by atoms with van der Waals surface area (Å²) in [6.45, 7) is 7.76. The van der Waals surface area contributed by atoms with Gasteiger partial charge in [-0.15, -0.1) is 0 Å². The zero-order valence-corrected chi connectivity index (χ0v) is 11.6. The second-order valence-electron chi connectivity index (χ2n) is 4.85. The van der Waals surface area contributed by atoms with E-state index in [1.165, 1.54) is 38.9 Å². The van der Waals surface area contributed by atoms with Crippen LogP contribution >= 0.6 is 0 Å². The average molecular weight is 244 g/mol. The lowest BCUT2D eigenvalue weighted by Gasteiger charge is -2.31. The third kappa shape index (κ3) is 5.82. The van der Waals surface area contributed by atoms with Crippen LogP contribution in [0.15, 0.2) is 0 Å². The van der Waals surface area contributed by atoms with Gasteiger partial charge in [0.05, 0.1) is 0 Å². The Bertz CT molecular complexity index is 180. The van der Waals surface area contributed by atoms with Crippen molar-refractivity contribution in [3.63, 3.8) is 0 Å². The van der Waals surface area contributed by atoms with Gasteiger partial charge in [-0.2, -0.15) is 0 Å². The third-order valence-electron chi connectivity index (χ3n) is 3.45. The molecule has 0 amide bonds. The molecule has 0 spiro atoms. The van der Waals surface area contributed by atoms with Crippen LogP contribution in [0.25, 0.3) is 0 Å². The second kappa shape index (κ2) is 8.86. The second-order valence-corrected chi connectivity index (χ2v) is 4.85. The molecule has 0 radical (unpaired) electrons. The quantitative estimate of drug-likeness (QED) is 0.653. The molecule has 1 aliphatic rings. The number of nitrogens with one attached hydrogen (secondary N) is 1. The highest BCUT2D eigenvalue weighted by atomic mass is 16.7. The Kier molecular flexibility index (Phi) is 7.77. The molecule has 0 bridgehead atoms. The van der Waals surface area contributed by atoms with Crippen LogP contribution in [0.4, 0.5) is 0 Å². The molecule has 0 saturated carbocycles. The lowest BCUT2D eigenvalue weighted by Crippen LogP contribution is -2.40. The summed E-state index contributed by atoms with van der Waals surface area (Å²) < 4.78 is 10.6. The fraction of sp³-hybridized carbons (Fsp3) is 1.00. The highest BCUT2D eigenvalue weighted by Gasteiger charge is 2.19. The molecule has 1 aliphatic heterocycles. The Balaban J connectivity index is 2.35. The fourth-order valence-corrected chi connectivity index (χ4v) is 2.46. The maximum absolute atomic E-state index is 5.29. The summed E-state index contributed by atoms with van der Waals surface area (Å²) in [7, 11) is 3.42. The van der Waals surface area contributed by atoms with Gasteiger partial charge in [-0.05, 0) is 44.8 Å². The van der Waals surface area contributed by atoms with E-state index >= 15 is 0 Å². The summed E-state index contributed by atoms with van der Waals surface area (Å²) in [5, 5.41) is 3.42. The molecule has 1 rings (SSSR count). The van der Waals surface area contributed by atoms with Gasteiger partial charge in [0.1, 0.15) is 0 Å². The Hall–Kier alpha value is -0.160. The van der Waals surface area contributed by atoms with Crippen LogP contribution in [0.3, 0.4) is 0 Å². The van der Waals surface area contributed by atoms with Crippen LogP contribution in [0.1, 0.15) is 26.2 Å². The highest BCUT2D eigenvalue weighted by molar-refractivity contribution is 4.73. The Morgan fingerprint density at radius 2 is 1.88 bits per heavy atom. The van der Waals surface area contributed by atoms with E-state index in [4.69, 9.17) is 9.47 Å². The van der Waals surface area contributed by atoms with Gasteiger partial charge in [0.2, 0.25) is 0 Å². The van der Waals surface area contributed by atoms with Crippen molar-refractivity contribution in [3.8, 4) is 0 Å². The molecule has 1 saturated heterocycles. The predicted octanol–water partition coefficient (Wildman–Crippen LogP) is 1.32. The van der Waals surface area contributed by atoms with Crippen LogP contribution in [0.2, 0.25) is 0 Å². The number of ether oxygens (including phenoxy) is 2. The fourth-order valence-electron chi connectivity index (χ4n) is 2.46. The minimum atomic E-state index is -0.0942. The summed E-state index contributed by atoms with van der Waals surface area (Å²) in [6.07, 6.45) is 3.68. The van der Waals surface area contributed by atoms with Crippen molar-refractivity contribution in [1.29, 1.82) is 0 Å². The van der Waals surface area contributed by atoms with Crippen LogP contribution in [-0.2, 0) is 9.47 Å². The molecule has 4 heteroatoms. The number of methoxy groups -OCH3 is 2. The molecule has 0 atom stereocenters. The number of nitrogens with zero attached hydrogens (tertiary/aromatic N) is 1. The standard InChI is InChI=1S/C13H28N2O2/c1-4-9-15(11-13(16-2)17-3)10-12-5-7-14-8-6-12/h12-14H,4-11H2,1-3H3. The van der Waals surface area contributed by atoms with Gasteiger partial charge in [0.15, 0.2) is 6.29 Å². The average Bonchev–Trinajstić information content (AvgIpc) is 2.37. The van der Waals surface area contributed by atoms with Gasteiger partial charge in [0.25, 0.3) is 0 Å². The smallest absolute Gasteiger partial charge is 0.169 e. The normalized spacial score (nSPS) is 18.2. The molecule has 0 aromatic heterocycles. The maximum atomic E-state index is 5.29. The van der Waals surface area contributed by atoms with Crippen molar-refractivity contribution < 1.29 is 9.47 Å². The molecule has 1 N–H and O–H groups in total. The van der Waals surface area contributed by atoms with Gasteiger partial charge >= 0.3 is 0 Å². The van der Waals surface area contributed by atoms with E-state index in [2.05, 4.69) is 17.1 Å². The zero-order valence-electron chi connectivity index (χ0n) is 11.6. The van der Waals surface area contributed by atoms with Crippen LogP contribution in [-0.4, -0.2) is 58.1 Å². The van der Waals surface area contributed by atoms with E-state index in [-0.39, 0.29) is 6.29 Å². The maximum Gasteiger partial charge on any atom is 0.169 e. The Morgan fingerprint density at radius 3 is 2.41 bits per heavy atom. The van der Waals surface area contributed by atoms with E-state index in [9.17, 15) is 0 Å². The van der Waals surface area contributed by atoms with Crippen molar-refractivity contribution in [2.24, 2.45) is 5.92 Å². The number of hydrogen-bond donors (Lipinski definition) is 1. The topological polar surface area (TPSA) is 33.7 Å². The Morgan fingerprint density at radius 1 is 1.24 bits per heavy atom.